The van der Waals surface area contributed by atoms with E-state index in [2.05, 4.69) is 15.2 Å². The van der Waals surface area contributed by atoms with Gasteiger partial charge in [0, 0.05) is 46.6 Å². The summed E-state index contributed by atoms with van der Waals surface area (Å²) in [7, 11) is 1.78. The number of morpholine rings is 1. The Morgan fingerprint density at radius 1 is 1.06 bits per heavy atom. The maximum absolute atomic E-state index is 12.9. The lowest BCUT2D eigenvalue weighted by Crippen LogP contribution is -2.36. The van der Waals surface area contributed by atoms with Crippen molar-refractivity contribution in [1.82, 2.24) is 9.88 Å². The van der Waals surface area contributed by atoms with Gasteiger partial charge in [-0.05, 0) is 44.3 Å². The minimum Gasteiger partial charge on any atom is -0.378 e. The van der Waals surface area contributed by atoms with Crippen molar-refractivity contribution < 1.29 is 14.3 Å². The first-order chi connectivity index (χ1) is 15.0. The number of anilines is 2. The molecule has 1 fully saturated rings. The number of likely N-dealkylation sites (N-methyl/N-ethyl adjacent to an activating group) is 1. The number of nitrogens with one attached hydrogen (secondary N) is 2. The molecule has 2 heterocycles. The van der Waals surface area contributed by atoms with Gasteiger partial charge < -0.3 is 19.9 Å². The molecular weight excluding hydrogens is 392 g/mol. The number of ether oxygens (including phenoxy) is 1. The van der Waals surface area contributed by atoms with Crippen LogP contribution in [0.4, 0.5) is 11.4 Å². The van der Waals surface area contributed by atoms with Crippen LogP contribution >= 0.6 is 0 Å². The van der Waals surface area contributed by atoms with Gasteiger partial charge in [-0.25, -0.2) is 0 Å². The number of Topliss-reactive ketones (excluding diaryl/α,β-unsaturated/α-hetero) is 1. The molecule has 0 aliphatic carbocycles. The van der Waals surface area contributed by atoms with E-state index in [1.54, 1.807) is 11.9 Å². The van der Waals surface area contributed by atoms with E-state index in [0.717, 1.165) is 54.3 Å². The molecule has 4 rings (SSSR count). The van der Waals surface area contributed by atoms with E-state index in [4.69, 9.17) is 4.74 Å². The number of carbonyl (C=O) groups is 2. The van der Waals surface area contributed by atoms with Crippen molar-refractivity contribution in [1.29, 1.82) is 0 Å². The fourth-order valence-corrected chi connectivity index (χ4v) is 4.04. The number of hydrogen-bond donors (Lipinski definition) is 2. The molecule has 2 aromatic carbocycles. The molecule has 0 atom stereocenters. The number of nitrogens with zero attached hydrogens (tertiary/aromatic N) is 2. The van der Waals surface area contributed by atoms with Crippen molar-refractivity contribution in [3.8, 4) is 0 Å². The summed E-state index contributed by atoms with van der Waals surface area (Å²) in [6, 6.07) is 15.6. The van der Waals surface area contributed by atoms with Gasteiger partial charge in [0.2, 0.25) is 5.91 Å². The SMILES string of the molecule is Cc1[nH]c2ccccc2c1C(=O)CN(C)CC(=O)Nc1ccc(N2CCOCC2)cc1. The number of ketones is 1. The number of benzene rings is 2. The van der Waals surface area contributed by atoms with E-state index in [-0.39, 0.29) is 24.8 Å². The van der Waals surface area contributed by atoms with E-state index in [0.29, 0.717) is 5.56 Å². The highest BCUT2D eigenvalue weighted by Crippen LogP contribution is 2.22. The van der Waals surface area contributed by atoms with Gasteiger partial charge in [0.1, 0.15) is 0 Å². The molecule has 1 saturated heterocycles. The lowest BCUT2D eigenvalue weighted by atomic mass is 10.1. The number of hydrogen-bond acceptors (Lipinski definition) is 5. The molecule has 0 unspecified atom stereocenters. The van der Waals surface area contributed by atoms with Crippen LogP contribution in [0.25, 0.3) is 10.9 Å². The van der Waals surface area contributed by atoms with Gasteiger partial charge in [-0.15, -0.1) is 0 Å². The van der Waals surface area contributed by atoms with Gasteiger partial charge in [0.15, 0.2) is 5.78 Å². The van der Waals surface area contributed by atoms with Crippen LogP contribution in [0.3, 0.4) is 0 Å². The standard InChI is InChI=1S/C24H28N4O3/c1-17-24(20-5-3-4-6-21(20)25-17)22(29)15-27(2)16-23(30)26-18-7-9-19(10-8-18)28-11-13-31-14-12-28/h3-10,25H,11-16H2,1-2H3,(H,26,30). The smallest absolute Gasteiger partial charge is 0.238 e. The van der Waals surface area contributed by atoms with Crippen molar-refractivity contribution in [2.75, 3.05) is 56.7 Å². The average molecular weight is 421 g/mol. The van der Waals surface area contributed by atoms with E-state index < -0.39 is 0 Å². The van der Waals surface area contributed by atoms with Crippen molar-refractivity contribution in [3.05, 3.63) is 59.8 Å². The summed E-state index contributed by atoms with van der Waals surface area (Å²) in [4.78, 5) is 32.6. The van der Waals surface area contributed by atoms with Crippen LogP contribution in [-0.4, -0.2) is 68.0 Å². The number of aromatic amines is 1. The maximum Gasteiger partial charge on any atom is 0.238 e. The first-order valence-corrected chi connectivity index (χ1v) is 10.5. The van der Waals surface area contributed by atoms with Gasteiger partial charge in [0.25, 0.3) is 0 Å². The van der Waals surface area contributed by atoms with Gasteiger partial charge in [0.05, 0.1) is 26.3 Å². The third-order valence-electron chi connectivity index (χ3n) is 5.53. The van der Waals surface area contributed by atoms with Crippen molar-refractivity contribution in [2.45, 2.75) is 6.92 Å². The van der Waals surface area contributed by atoms with Crippen LogP contribution in [0.15, 0.2) is 48.5 Å². The largest absolute Gasteiger partial charge is 0.378 e. The summed E-state index contributed by atoms with van der Waals surface area (Å²) in [6.07, 6.45) is 0. The summed E-state index contributed by atoms with van der Waals surface area (Å²) in [6.45, 7) is 5.44. The van der Waals surface area contributed by atoms with Crippen LogP contribution in [0.1, 0.15) is 16.1 Å². The quantitative estimate of drug-likeness (QED) is 0.575. The molecule has 1 aliphatic rings. The fourth-order valence-electron chi connectivity index (χ4n) is 4.04. The topological polar surface area (TPSA) is 77.7 Å². The van der Waals surface area contributed by atoms with E-state index in [1.807, 2.05) is 55.5 Å². The van der Waals surface area contributed by atoms with Gasteiger partial charge in [-0.3, -0.25) is 14.5 Å². The van der Waals surface area contributed by atoms with Crippen LogP contribution < -0.4 is 10.2 Å². The van der Waals surface area contributed by atoms with Gasteiger partial charge in [-0.2, -0.15) is 0 Å². The second kappa shape index (κ2) is 9.32. The number of carbonyl (C=O) groups excluding carboxylic acids is 2. The Balaban J connectivity index is 1.32. The molecule has 0 spiro atoms. The molecule has 3 aromatic rings. The Bertz CT molecular complexity index is 1070. The summed E-state index contributed by atoms with van der Waals surface area (Å²) in [5.74, 6) is -0.148. The number of aryl methyl sites for hydroxylation is 1. The van der Waals surface area contributed by atoms with Crippen LogP contribution in [0.2, 0.25) is 0 Å². The number of H-pyrrole nitrogens is 1. The summed E-state index contributed by atoms with van der Waals surface area (Å²) >= 11 is 0. The maximum atomic E-state index is 12.9. The van der Waals surface area contributed by atoms with Crippen molar-refractivity contribution in [3.63, 3.8) is 0 Å². The minimum atomic E-state index is -0.148. The second-order valence-electron chi connectivity index (χ2n) is 7.96. The number of amides is 1. The molecule has 0 saturated carbocycles. The first kappa shape index (κ1) is 21.1. The molecule has 1 aromatic heterocycles. The minimum absolute atomic E-state index is 0.000106. The Morgan fingerprint density at radius 2 is 1.77 bits per heavy atom. The highest BCUT2D eigenvalue weighted by Gasteiger charge is 2.18. The molecule has 31 heavy (non-hydrogen) atoms. The lowest BCUT2D eigenvalue weighted by molar-refractivity contribution is -0.116. The molecular formula is C24H28N4O3. The van der Waals surface area contributed by atoms with Crippen molar-refractivity contribution >= 4 is 34.0 Å². The monoisotopic (exact) mass is 420 g/mol. The molecule has 162 valence electrons. The summed E-state index contributed by atoms with van der Waals surface area (Å²) in [5.41, 5.74) is 4.36. The molecule has 7 nitrogen and oxygen atoms in total. The zero-order valence-electron chi connectivity index (χ0n) is 18.0. The first-order valence-electron chi connectivity index (χ1n) is 10.5. The average Bonchev–Trinajstić information content (AvgIpc) is 3.10. The summed E-state index contributed by atoms with van der Waals surface area (Å²) < 4.78 is 5.38. The highest BCUT2D eigenvalue weighted by molar-refractivity contribution is 6.10. The zero-order valence-corrected chi connectivity index (χ0v) is 18.0. The van der Waals surface area contributed by atoms with Crippen LogP contribution in [0.5, 0.6) is 0 Å². The third-order valence-corrected chi connectivity index (χ3v) is 5.53. The Kier molecular flexibility index (Phi) is 6.34. The van der Waals surface area contributed by atoms with E-state index in [9.17, 15) is 9.59 Å². The molecule has 1 aliphatic heterocycles. The van der Waals surface area contributed by atoms with E-state index >= 15 is 0 Å². The Morgan fingerprint density at radius 3 is 2.52 bits per heavy atom. The number of fused-ring (bicyclic) bond motifs is 1. The van der Waals surface area contributed by atoms with Crippen LogP contribution in [0, 0.1) is 6.92 Å². The molecule has 7 heteroatoms. The van der Waals surface area contributed by atoms with Crippen molar-refractivity contribution in [2.24, 2.45) is 0 Å². The fraction of sp³-hybridized carbons (Fsp3) is 0.333. The van der Waals surface area contributed by atoms with Gasteiger partial charge >= 0.3 is 0 Å². The molecule has 2 N–H and O–H groups in total. The number of rotatable bonds is 7. The molecule has 1 amide bonds. The zero-order chi connectivity index (χ0) is 21.8. The highest BCUT2D eigenvalue weighted by atomic mass is 16.5. The molecule has 0 radical (unpaired) electrons. The number of aromatic nitrogens is 1. The lowest BCUT2D eigenvalue weighted by Gasteiger charge is -2.28. The molecule has 0 bridgehead atoms. The predicted molar refractivity (Wildman–Crippen MR) is 123 cm³/mol. The van der Waals surface area contributed by atoms with Crippen LogP contribution in [-0.2, 0) is 9.53 Å². The van der Waals surface area contributed by atoms with E-state index in [1.165, 1.54) is 0 Å². The Labute approximate surface area is 182 Å². The third kappa shape index (κ3) is 4.95. The normalized spacial score (nSPS) is 14.2. The predicted octanol–water partition coefficient (Wildman–Crippen LogP) is 3.07. The second-order valence-corrected chi connectivity index (χ2v) is 7.96. The number of para-hydroxylation sites is 1. The van der Waals surface area contributed by atoms with Gasteiger partial charge in [-0.1, -0.05) is 18.2 Å². The summed E-state index contributed by atoms with van der Waals surface area (Å²) in [5, 5.41) is 3.83. The Hall–Kier alpha value is -3.16.